The zero-order valence-corrected chi connectivity index (χ0v) is 16.3. The van der Waals surface area contributed by atoms with Crippen molar-refractivity contribution in [1.29, 1.82) is 0 Å². The molecule has 0 aromatic heterocycles. The minimum absolute atomic E-state index is 0.134. The highest BCUT2D eigenvalue weighted by atomic mass is 16.8. The van der Waals surface area contributed by atoms with Crippen molar-refractivity contribution in [2.45, 2.75) is 31.3 Å². The Morgan fingerprint density at radius 3 is 1.80 bits per heavy atom. The highest BCUT2D eigenvalue weighted by Gasteiger charge is 2.27. The number of rotatable bonds is 6. The van der Waals surface area contributed by atoms with Gasteiger partial charge in [0.2, 0.25) is 0 Å². The van der Waals surface area contributed by atoms with Gasteiger partial charge in [-0.05, 0) is 6.42 Å². The Kier molecular flexibility index (Phi) is 5.06. The first-order valence-corrected chi connectivity index (χ1v) is 10.0. The molecule has 7 nitrogen and oxygen atoms in total. The van der Waals surface area contributed by atoms with E-state index in [0.717, 1.165) is 33.7 Å². The van der Waals surface area contributed by atoms with E-state index in [1.165, 1.54) is 0 Å². The second-order valence-electron chi connectivity index (χ2n) is 7.46. The van der Waals surface area contributed by atoms with Crippen LogP contribution in [-0.4, -0.2) is 49.6 Å². The van der Waals surface area contributed by atoms with E-state index in [1.54, 1.807) is 0 Å². The van der Waals surface area contributed by atoms with Crippen LogP contribution in [0, 0.1) is 0 Å². The zero-order valence-electron chi connectivity index (χ0n) is 16.3. The third-order valence-electron chi connectivity index (χ3n) is 5.39. The summed E-state index contributed by atoms with van der Waals surface area (Å²) in [5, 5.41) is 13.3. The summed E-state index contributed by atoms with van der Waals surface area (Å²) in [5.74, 6) is 1.47. The minimum atomic E-state index is -0.712. The molecule has 7 heteroatoms. The Labute approximate surface area is 173 Å². The predicted octanol–water partition coefficient (Wildman–Crippen LogP) is 3.78. The average molecular weight is 410 g/mol. The first kappa shape index (κ1) is 19.0. The van der Waals surface area contributed by atoms with Crippen LogP contribution >= 0.6 is 0 Å². The van der Waals surface area contributed by atoms with Crippen LogP contribution in [0.1, 0.15) is 12.8 Å². The average Bonchev–Trinajstić information content (AvgIpc) is 3.38. The number of hydrogen-bond donors (Lipinski definition) is 1. The molecule has 2 aliphatic heterocycles. The molecule has 5 rings (SSSR count). The molecule has 0 radical (unpaired) electrons. The smallest absolute Gasteiger partial charge is 0.490 e. The van der Waals surface area contributed by atoms with E-state index >= 15 is 0 Å². The van der Waals surface area contributed by atoms with E-state index < -0.39 is 18.5 Å². The van der Waals surface area contributed by atoms with Gasteiger partial charge in [0.1, 0.15) is 31.3 Å². The van der Waals surface area contributed by atoms with Crippen LogP contribution in [0.3, 0.4) is 0 Å². The van der Waals surface area contributed by atoms with E-state index in [1.807, 2.05) is 48.5 Å². The third-order valence-corrected chi connectivity index (χ3v) is 5.39. The molecule has 3 unspecified atom stereocenters. The lowest BCUT2D eigenvalue weighted by Crippen LogP contribution is -2.20. The monoisotopic (exact) mass is 410 g/mol. The number of carbonyl (C=O) groups is 1. The predicted molar refractivity (Wildman–Crippen MR) is 109 cm³/mol. The first-order valence-electron chi connectivity index (χ1n) is 10.0. The molecule has 0 amide bonds. The SMILES string of the molecule is O=C1OCC(COc2c3ccccc3c(OCC3CCC(O)O3)c3ccccc23)O1. The number of aliphatic hydroxyl groups is 1. The van der Waals surface area contributed by atoms with Gasteiger partial charge in [0.05, 0.1) is 6.10 Å². The summed E-state index contributed by atoms with van der Waals surface area (Å²) in [7, 11) is 0. The largest absolute Gasteiger partial charge is 0.508 e. The normalized spacial score (nSPS) is 23.5. The lowest BCUT2D eigenvalue weighted by atomic mass is 10.0. The highest BCUT2D eigenvalue weighted by molar-refractivity contribution is 6.11. The summed E-state index contributed by atoms with van der Waals surface area (Å²) in [6.45, 7) is 0.748. The van der Waals surface area contributed by atoms with Crippen LogP contribution in [0.25, 0.3) is 21.5 Å². The Hall–Kier alpha value is -3.03. The second-order valence-corrected chi connectivity index (χ2v) is 7.46. The summed E-state index contributed by atoms with van der Waals surface area (Å²) >= 11 is 0. The maximum atomic E-state index is 11.2. The third kappa shape index (κ3) is 3.62. The molecule has 0 bridgehead atoms. The Bertz CT molecular complexity index is 1020. The quantitative estimate of drug-likeness (QED) is 0.489. The maximum absolute atomic E-state index is 11.2. The summed E-state index contributed by atoms with van der Waals surface area (Å²) < 4.78 is 27.8. The number of carbonyl (C=O) groups excluding carboxylic acids is 1. The Morgan fingerprint density at radius 1 is 0.833 bits per heavy atom. The second kappa shape index (κ2) is 8.01. The van der Waals surface area contributed by atoms with Gasteiger partial charge in [0.15, 0.2) is 12.4 Å². The fraction of sp³-hybridized carbons (Fsp3) is 0.348. The summed E-state index contributed by atoms with van der Waals surface area (Å²) in [4.78, 5) is 11.2. The number of hydrogen-bond acceptors (Lipinski definition) is 7. The molecule has 2 heterocycles. The summed E-state index contributed by atoms with van der Waals surface area (Å²) in [5.41, 5.74) is 0. The van der Waals surface area contributed by atoms with Gasteiger partial charge in [0.25, 0.3) is 0 Å². The van der Waals surface area contributed by atoms with Crippen LogP contribution in [0.4, 0.5) is 4.79 Å². The molecule has 156 valence electrons. The van der Waals surface area contributed by atoms with Crippen LogP contribution in [-0.2, 0) is 14.2 Å². The molecule has 0 aliphatic carbocycles. The molecular weight excluding hydrogens is 388 g/mol. The summed E-state index contributed by atoms with van der Waals surface area (Å²) in [6.07, 6.45) is -0.557. The van der Waals surface area contributed by atoms with E-state index in [-0.39, 0.29) is 19.3 Å². The number of cyclic esters (lactones) is 2. The van der Waals surface area contributed by atoms with Gasteiger partial charge < -0.3 is 28.8 Å². The number of benzene rings is 3. The van der Waals surface area contributed by atoms with Crippen molar-refractivity contribution in [2.75, 3.05) is 19.8 Å². The van der Waals surface area contributed by atoms with Crippen LogP contribution in [0.2, 0.25) is 0 Å². The molecule has 2 fully saturated rings. The molecule has 3 atom stereocenters. The molecule has 30 heavy (non-hydrogen) atoms. The topological polar surface area (TPSA) is 83.5 Å². The zero-order chi connectivity index (χ0) is 20.5. The van der Waals surface area contributed by atoms with Crippen molar-refractivity contribution in [3.8, 4) is 11.5 Å². The molecular formula is C23H22O7. The van der Waals surface area contributed by atoms with Gasteiger partial charge in [-0.2, -0.15) is 0 Å². The molecule has 2 saturated heterocycles. The van der Waals surface area contributed by atoms with Crippen molar-refractivity contribution in [3.63, 3.8) is 0 Å². The van der Waals surface area contributed by atoms with Crippen molar-refractivity contribution >= 4 is 27.7 Å². The molecule has 3 aromatic carbocycles. The maximum Gasteiger partial charge on any atom is 0.508 e. The standard InChI is InChI=1S/C23H22O7/c24-20-10-9-14(29-20)11-26-21-16-5-1-3-7-18(16)22(19-8-4-2-6-17(19)21)27-12-15-13-28-23(25)30-15/h1-8,14-15,20,24H,9-13H2. The number of ether oxygens (including phenoxy) is 5. The van der Waals surface area contributed by atoms with Crippen molar-refractivity contribution < 1.29 is 33.6 Å². The number of fused-ring (bicyclic) bond motifs is 2. The Balaban J connectivity index is 1.51. The highest BCUT2D eigenvalue weighted by Crippen LogP contribution is 2.43. The van der Waals surface area contributed by atoms with E-state index in [9.17, 15) is 9.90 Å². The molecule has 0 spiro atoms. The van der Waals surface area contributed by atoms with Gasteiger partial charge in [0, 0.05) is 28.0 Å². The van der Waals surface area contributed by atoms with Crippen molar-refractivity contribution in [3.05, 3.63) is 48.5 Å². The fourth-order valence-corrected chi connectivity index (χ4v) is 3.97. The molecule has 2 aliphatic rings. The molecule has 3 aromatic rings. The van der Waals surface area contributed by atoms with Crippen LogP contribution < -0.4 is 9.47 Å². The summed E-state index contributed by atoms with van der Waals surface area (Å²) in [6, 6.07) is 15.8. The lowest BCUT2D eigenvalue weighted by molar-refractivity contribution is -0.0983. The van der Waals surface area contributed by atoms with Gasteiger partial charge in [-0.3, -0.25) is 0 Å². The fourth-order valence-electron chi connectivity index (χ4n) is 3.97. The molecule has 0 saturated carbocycles. The van der Waals surface area contributed by atoms with Crippen molar-refractivity contribution in [1.82, 2.24) is 0 Å². The van der Waals surface area contributed by atoms with Gasteiger partial charge in [-0.25, -0.2) is 4.79 Å². The lowest BCUT2D eigenvalue weighted by Gasteiger charge is -2.19. The molecule has 1 N–H and O–H groups in total. The van der Waals surface area contributed by atoms with E-state index in [2.05, 4.69) is 0 Å². The minimum Gasteiger partial charge on any atom is -0.490 e. The number of aliphatic hydroxyl groups excluding tert-OH is 1. The first-order chi connectivity index (χ1) is 14.7. The van der Waals surface area contributed by atoms with Crippen LogP contribution in [0.5, 0.6) is 11.5 Å². The van der Waals surface area contributed by atoms with Gasteiger partial charge >= 0.3 is 6.16 Å². The van der Waals surface area contributed by atoms with Gasteiger partial charge in [-0.1, -0.05) is 48.5 Å². The van der Waals surface area contributed by atoms with Crippen molar-refractivity contribution in [2.24, 2.45) is 0 Å². The van der Waals surface area contributed by atoms with E-state index in [4.69, 9.17) is 23.7 Å². The van der Waals surface area contributed by atoms with Crippen LogP contribution in [0.15, 0.2) is 48.5 Å². The Morgan fingerprint density at radius 2 is 1.37 bits per heavy atom. The van der Waals surface area contributed by atoms with E-state index in [0.29, 0.717) is 18.8 Å². The van der Waals surface area contributed by atoms with Gasteiger partial charge in [-0.15, -0.1) is 0 Å².